The van der Waals surface area contributed by atoms with Crippen LogP contribution in [0.2, 0.25) is 0 Å². The van der Waals surface area contributed by atoms with Crippen molar-refractivity contribution < 1.29 is 67.0 Å². The Kier molecular flexibility index (Phi) is 25.7. The Morgan fingerprint density at radius 1 is 1.33 bits per heavy atom. The van der Waals surface area contributed by atoms with E-state index in [9.17, 15) is 0 Å². The molecule has 0 amide bonds. The first-order valence-electron chi connectivity index (χ1n) is 0.730. The van der Waals surface area contributed by atoms with Crippen LogP contribution >= 0.6 is 0 Å². The molecule has 0 aliphatic rings. The summed E-state index contributed by atoms with van der Waals surface area (Å²) in [5.41, 5.74) is 0. The number of hydrogen-bond donors (Lipinski definition) is 1. The van der Waals surface area contributed by atoms with Crippen molar-refractivity contribution in [3.8, 4) is 0 Å². The SMILES string of the molecule is [Ag+].[Na+].[O-]B([O-])O. The van der Waals surface area contributed by atoms with Gasteiger partial charge in [-0.3, -0.25) is 0 Å². The van der Waals surface area contributed by atoms with Crippen LogP contribution in [0.1, 0.15) is 0 Å². The third-order valence-corrected chi connectivity index (χ3v) is 0. The van der Waals surface area contributed by atoms with E-state index in [1.807, 2.05) is 0 Å². The number of hydrogen-bond acceptors (Lipinski definition) is 3. The van der Waals surface area contributed by atoms with Crippen molar-refractivity contribution in [2.24, 2.45) is 0 Å². The maximum atomic E-state index is 8.53. The molecule has 0 unspecified atom stereocenters. The predicted octanol–water partition coefficient (Wildman–Crippen LogP) is -6.31. The molecule has 0 bridgehead atoms. The van der Waals surface area contributed by atoms with Gasteiger partial charge in [0.2, 0.25) is 0 Å². The monoisotopic (exact) mass is 190 g/mol. The Labute approximate surface area is 73.7 Å². The van der Waals surface area contributed by atoms with Crippen LogP contribution in [-0.2, 0) is 22.4 Å². The standard InChI is InChI=1S/Ag.BHO3.Na/c;2-1(3)4;/h;2H;/q+1;-2;+1. The Hall–Kier alpha value is 1.69. The summed E-state index contributed by atoms with van der Waals surface area (Å²) in [6, 6.07) is 0. The van der Waals surface area contributed by atoms with E-state index < -0.39 is 7.32 Å². The molecule has 1 N–H and O–H groups in total. The second-order valence-electron chi connectivity index (χ2n) is 0.307. The molecule has 0 aliphatic carbocycles. The van der Waals surface area contributed by atoms with Crippen LogP contribution in [0.4, 0.5) is 0 Å². The maximum Gasteiger partial charge on any atom is 1.00 e. The van der Waals surface area contributed by atoms with Crippen LogP contribution in [0.15, 0.2) is 0 Å². The molecule has 6 heteroatoms. The molecule has 0 aromatic carbocycles. The summed E-state index contributed by atoms with van der Waals surface area (Å²) >= 11 is 0. The van der Waals surface area contributed by atoms with Crippen LogP contribution in [-0.4, -0.2) is 12.3 Å². The molecule has 0 heterocycles. The molecule has 0 aromatic rings. The quantitative estimate of drug-likeness (QED) is 0.387. The molecule has 0 fully saturated rings. The summed E-state index contributed by atoms with van der Waals surface area (Å²) in [5.74, 6) is 0. The maximum absolute atomic E-state index is 8.53. The van der Waals surface area contributed by atoms with Crippen LogP contribution in [0.3, 0.4) is 0 Å². The molecule has 0 aromatic heterocycles. The van der Waals surface area contributed by atoms with Gasteiger partial charge in [-0.15, -0.1) is 0 Å². The van der Waals surface area contributed by atoms with Crippen LogP contribution in [0.5, 0.6) is 0 Å². The zero-order valence-electron chi connectivity index (χ0n) is 3.14. The average molecular weight is 191 g/mol. The van der Waals surface area contributed by atoms with Crippen LogP contribution in [0, 0.1) is 0 Å². The molecule has 0 aliphatic heterocycles. The summed E-state index contributed by atoms with van der Waals surface area (Å²) in [6.45, 7) is 0. The van der Waals surface area contributed by atoms with Gasteiger partial charge >= 0.3 is 51.9 Å². The Bertz CT molecular complexity index is 15.5. The van der Waals surface area contributed by atoms with Gasteiger partial charge in [-0.05, 0) is 0 Å². The summed E-state index contributed by atoms with van der Waals surface area (Å²) < 4.78 is 0. The molecule has 0 saturated carbocycles. The van der Waals surface area contributed by atoms with Gasteiger partial charge in [0.1, 0.15) is 0 Å². The molecule has 0 radical (unpaired) electrons. The second-order valence-corrected chi connectivity index (χ2v) is 0.307. The molecule has 0 spiro atoms. The molecule has 6 heavy (non-hydrogen) atoms. The fourth-order valence-electron chi connectivity index (χ4n) is 0. The Balaban J connectivity index is -0.0000000450. The predicted molar refractivity (Wildman–Crippen MR) is 7.97 cm³/mol. The summed E-state index contributed by atoms with van der Waals surface area (Å²) in [5, 5.41) is 24.0. The van der Waals surface area contributed by atoms with E-state index in [0.29, 0.717) is 0 Å². The fraction of sp³-hybridized carbons (Fsp3) is 0. The van der Waals surface area contributed by atoms with E-state index in [4.69, 9.17) is 15.1 Å². The van der Waals surface area contributed by atoms with Gasteiger partial charge in [0.25, 0.3) is 0 Å². The molecular formula is HAgBNaO3. The van der Waals surface area contributed by atoms with E-state index >= 15 is 0 Å². The van der Waals surface area contributed by atoms with Crippen LogP contribution in [0.25, 0.3) is 0 Å². The van der Waals surface area contributed by atoms with E-state index in [1.165, 1.54) is 0 Å². The van der Waals surface area contributed by atoms with Crippen molar-refractivity contribution in [3.63, 3.8) is 0 Å². The van der Waals surface area contributed by atoms with Crippen molar-refractivity contribution in [1.82, 2.24) is 0 Å². The summed E-state index contributed by atoms with van der Waals surface area (Å²) in [7, 11) is -2.67. The van der Waals surface area contributed by atoms with Gasteiger partial charge in [-0.25, -0.2) is 0 Å². The van der Waals surface area contributed by atoms with E-state index in [0.717, 1.165) is 0 Å². The van der Waals surface area contributed by atoms with Crippen molar-refractivity contribution in [1.29, 1.82) is 0 Å². The van der Waals surface area contributed by atoms with Crippen molar-refractivity contribution in [3.05, 3.63) is 0 Å². The molecule has 0 rings (SSSR count). The van der Waals surface area contributed by atoms with E-state index in [2.05, 4.69) is 0 Å². The van der Waals surface area contributed by atoms with Crippen molar-refractivity contribution >= 4 is 7.32 Å². The smallest absolute Gasteiger partial charge is 0.871 e. The van der Waals surface area contributed by atoms with Crippen molar-refractivity contribution in [2.75, 3.05) is 0 Å². The molecule has 0 saturated heterocycles. The van der Waals surface area contributed by atoms with E-state index in [-0.39, 0.29) is 51.9 Å². The first-order valence-corrected chi connectivity index (χ1v) is 0.730. The first kappa shape index (κ1) is 15.6. The minimum absolute atomic E-state index is 0. The third-order valence-electron chi connectivity index (χ3n) is 0. The van der Waals surface area contributed by atoms with Gasteiger partial charge < -0.3 is 15.1 Å². The minimum atomic E-state index is -2.67. The third kappa shape index (κ3) is 43.9. The van der Waals surface area contributed by atoms with Gasteiger partial charge in [0.05, 0.1) is 7.32 Å². The summed E-state index contributed by atoms with van der Waals surface area (Å²) in [4.78, 5) is 0. The summed E-state index contributed by atoms with van der Waals surface area (Å²) in [6.07, 6.45) is 0. The van der Waals surface area contributed by atoms with Gasteiger partial charge in [-0.2, -0.15) is 0 Å². The van der Waals surface area contributed by atoms with Gasteiger partial charge in [0, 0.05) is 0 Å². The molecule has 34 valence electrons. The van der Waals surface area contributed by atoms with Crippen LogP contribution < -0.4 is 39.6 Å². The zero-order chi connectivity index (χ0) is 3.58. The Morgan fingerprint density at radius 2 is 1.33 bits per heavy atom. The Morgan fingerprint density at radius 3 is 1.33 bits per heavy atom. The zero-order valence-corrected chi connectivity index (χ0v) is 6.62. The number of rotatable bonds is 0. The largest absolute Gasteiger partial charge is 1.00 e. The normalized spacial score (nSPS) is 4.50. The molecule has 0 atom stereocenters. The first-order chi connectivity index (χ1) is 1.73. The second kappa shape index (κ2) is 9.84. The van der Waals surface area contributed by atoms with Gasteiger partial charge in [-0.1, -0.05) is 0 Å². The van der Waals surface area contributed by atoms with E-state index in [1.54, 1.807) is 0 Å². The molecular weight excluding hydrogens is 190 g/mol. The fourth-order valence-corrected chi connectivity index (χ4v) is 0. The topological polar surface area (TPSA) is 66.3 Å². The van der Waals surface area contributed by atoms with Gasteiger partial charge in [0.15, 0.2) is 0 Å². The average Bonchev–Trinajstić information content (AvgIpc) is 0.811. The minimum Gasteiger partial charge on any atom is -0.871 e. The molecule has 3 nitrogen and oxygen atoms in total. The van der Waals surface area contributed by atoms with Crippen molar-refractivity contribution in [2.45, 2.75) is 0 Å².